The zero-order chi connectivity index (χ0) is 21.1. The first kappa shape index (κ1) is 20.0. The third-order valence-electron chi connectivity index (χ3n) is 4.74. The largest absolute Gasteiger partial charge is 0.496 e. The summed E-state index contributed by atoms with van der Waals surface area (Å²) in [6.07, 6.45) is 3.49. The van der Waals surface area contributed by atoms with Gasteiger partial charge in [0, 0.05) is 16.1 Å². The van der Waals surface area contributed by atoms with Crippen LogP contribution in [0.25, 0.3) is 12.2 Å². The first-order valence-electron chi connectivity index (χ1n) is 9.33. The van der Waals surface area contributed by atoms with Crippen LogP contribution in [-0.4, -0.2) is 12.9 Å². The lowest BCUT2D eigenvalue weighted by Crippen LogP contribution is -1.99. The van der Waals surface area contributed by atoms with E-state index >= 15 is 0 Å². The van der Waals surface area contributed by atoms with Crippen LogP contribution in [0.1, 0.15) is 27.0 Å². The van der Waals surface area contributed by atoms with Gasteiger partial charge in [0.2, 0.25) is 5.78 Å². The van der Waals surface area contributed by atoms with Crippen molar-refractivity contribution >= 4 is 33.9 Å². The van der Waals surface area contributed by atoms with Gasteiger partial charge in [0.1, 0.15) is 23.9 Å². The molecule has 0 radical (unpaired) electrons. The standard InChI is InChI=1S/C25H19BrO4/c1-3-16-4-6-17(7-5-16)15-29-20-9-10-21-23(14-20)30-24(25(21)27)13-18-12-19(26)8-11-22(18)28-2/h3-14H,1,15H2,2H3/b24-13-. The van der Waals surface area contributed by atoms with Gasteiger partial charge in [0.05, 0.1) is 12.7 Å². The highest BCUT2D eigenvalue weighted by Gasteiger charge is 2.28. The van der Waals surface area contributed by atoms with Gasteiger partial charge in [0.25, 0.3) is 0 Å². The van der Waals surface area contributed by atoms with Crippen molar-refractivity contribution < 1.29 is 19.0 Å². The van der Waals surface area contributed by atoms with Crippen LogP contribution in [0.15, 0.2) is 77.5 Å². The van der Waals surface area contributed by atoms with E-state index in [1.807, 2.05) is 42.5 Å². The van der Waals surface area contributed by atoms with Gasteiger partial charge < -0.3 is 14.2 Å². The van der Waals surface area contributed by atoms with Crippen LogP contribution in [-0.2, 0) is 6.61 Å². The maximum absolute atomic E-state index is 12.7. The molecule has 3 aromatic carbocycles. The lowest BCUT2D eigenvalue weighted by Gasteiger charge is -2.08. The molecular weight excluding hydrogens is 444 g/mol. The van der Waals surface area contributed by atoms with Crippen molar-refractivity contribution in [1.82, 2.24) is 0 Å². The molecule has 150 valence electrons. The summed E-state index contributed by atoms with van der Waals surface area (Å²) in [5.41, 5.74) is 3.37. The number of methoxy groups -OCH3 is 1. The Bertz CT molecular complexity index is 1150. The third kappa shape index (κ3) is 4.16. The van der Waals surface area contributed by atoms with Crippen molar-refractivity contribution in [3.8, 4) is 17.2 Å². The van der Waals surface area contributed by atoms with Crippen LogP contribution in [0.3, 0.4) is 0 Å². The molecule has 1 heterocycles. The van der Waals surface area contributed by atoms with E-state index in [0.717, 1.165) is 21.2 Å². The van der Waals surface area contributed by atoms with Gasteiger partial charge in [-0.2, -0.15) is 0 Å². The van der Waals surface area contributed by atoms with Crippen molar-refractivity contribution in [1.29, 1.82) is 0 Å². The lowest BCUT2D eigenvalue weighted by molar-refractivity contribution is 0.101. The highest BCUT2D eigenvalue weighted by Crippen LogP contribution is 2.36. The number of carbonyl (C=O) groups is 1. The number of benzene rings is 3. The second-order valence-electron chi connectivity index (χ2n) is 6.72. The molecule has 0 aliphatic carbocycles. The summed E-state index contributed by atoms with van der Waals surface area (Å²) >= 11 is 3.44. The zero-order valence-electron chi connectivity index (χ0n) is 16.4. The Kier molecular flexibility index (Phi) is 5.72. The number of fused-ring (bicyclic) bond motifs is 1. The maximum Gasteiger partial charge on any atom is 0.231 e. The molecule has 0 amide bonds. The highest BCUT2D eigenvalue weighted by atomic mass is 79.9. The number of hydrogen-bond acceptors (Lipinski definition) is 4. The fraction of sp³-hybridized carbons (Fsp3) is 0.0800. The van der Waals surface area contributed by atoms with Crippen LogP contribution < -0.4 is 14.2 Å². The Hall–Kier alpha value is -3.31. The SMILES string of the molecule is C=Cc1ccc(COc2ccc3c(c2)O/C(=C\c2cc(Br)ccc2OC)C3=O)cc1. The van der Waals surface area contributed by atoms with Gasteiger partial charge in [-0.15, -0.1) is 0 Å². The fourth-order valence-electron chi connectivity index (χ4n) is 3.13. The average Bonchev–Trinajstić information content (AvgIpc) is 3.07. The van der Waals surface area contributed by atoms with Gasteiger partial charge in [-0.25, -0.2) is 0 Å². The molecule has 0 unspecified atom stereocenters. The van der Waals surface area contributed by atoms with E-state index in [1.165, 1.54) is 0 Å². The number of ketones is 1. The predicted octanol–water partition coefficient (Wildman–Crippen LogP) is 6.30. The summed E-state index contributed by atoms with van der Waals surface area (Å²) in [5, 5.41) is 0. The van der Waals surface area contributed by atoms with Crippen LogP contribution in [0, 0.1) is 0 Å². The molecule has 0 saturated carbocycles. The fourth-order valence-corrected chi connectivity index (χ4v) is 3.51. The zero-order valence-corrected chi connectivity index (χ0v) is 17.9. The van der Waals surface area contributed by atoms with Crippen molar-refractivity contribution in [2.24, 2.45) is 0 Å². The molecule has 4 rings (SSSR count). The van der Waals surface area contributed by atoms with E-state index in [-0.39, 0.29) is 11.5 Å². The molecule has 30 heavy (non-hydrogen) atoms. The van der Waals surface area contributed by atoms with Gasteiger partial charge in [0.15, 0.2) is 5.76 Å². The Morgan fingerprint density at radius 3 is 2.60 bits per heavy atom. The van der Waals surface area contributed by atoms with Gasteiger partial charge in [-0.1, -0.05) is 52.9 Å². The number of Topliss-reactive ketones (excluding diaryl/α,β-unsaturated/α-hetero) is 1. The molecule has 3 aromatic rings. The summed E-state index contributed by atoms with van der Waals surface area (Å²) in [7, 11) is 1.59. The van der Waals surface area contributed by atoms with E-state index in [1.54, 1.807) is 37.5 Å². The maximum atomic E-state index is 12.7. The molecule has 1 aliphatic rings. The lowest BCUT2D eigenvalue weighted by atomic mass is 10.1. The first-order valence-corrected chi connectivity index (χ1v) is 10.1. The van der Waals surface area contributed by atoms with Crippen molar-refractivity contribution in [2.75, 3.05) is 7.11 Å². The van der Waals surface area contributed by atoms with Gasteiger partial charge in [-0.05, 0) is 47.5 Å². The molecule has 0 N–H and O–H groups in total. The number of allylic oxidation sites excluding steroid dienone is 1. The molecule has 0 saturated heterocycles. The molecule has 1 aliphatic heterocycles. The second-order valence-corrected chi connectivity index (χ2v) is 7.63. The minimum atomic E-state index is -0.168. The highest BCUT2D eigenvalue weighted by molar-refractivity contribution is 9.10. The Morgan fingerprint density at radius 1 is 1.07 bits per heavy atom. The monoisotopic (exact) mass is 462 g/mol. The summed E-state index contributed by atoms with van der Waals surface area (Å²) in [5.74, 6) is 1.86. The normalized spacial score (nSPS) is 13.7. The molecule has 0 spiro atoms. The number of ether oxygens (including phenoxy) is 3. The van der Waals surface area contributed by atoms with E-state index in [0.29, 0.717) is 29.4 Å². The second kappa shape index (κ2) is 8.59. The Morgan fingerprint density at radius 2 is 1.87 bits per heavy atom. The van der Waals surface area contributed by atoms with Crippen LogP contribution in [0.2, 0.25) is 0 Å². The van der Waals surface area contributed by atoms with Gasteiger partial charge in [-0.3, -0.25) is 4.79 Å². The predicted molar refractivity (Wildman–Crippen MR) is 121 cm³/mol. The smallest absolute Gasteiger partial charge is 0.231 e. The van der Waals surface area contributed by atoms with E-state index in [2.05, 4.69) is 22.5 Å². The molecule has 0 atom stereocenters. The molecule has 4 nitrogen and oxygen atoms in total. The van der Waals surface area contributed by atoms with Crippen LogP contribution >= 0.6 is 15.9 Å². The van der Waals surface area contributed by atoms with E-state index in [9.17, 15) is 4.79 Å². The summed E-state index contributed by atoms with van der Waals surface area (Å²) < 4.78 is 18.0. The Balaban J connectivity index is 1.52. The van der Waals surface area contributed by atoms with E-state index in [4.69, 9.17) is 14.2 Å². The number of rotatable bonds is 6. The van der Waals surface area contributed by atoms with Crippen molar-refractivity contribution in [3.63, 3.8) is 0 Å². The minimum absolute atomic E-state index is 0.168. The molecular formula is C25H19BrO4. The molecule has 0 fully saturated rings. The molecule has 5 heteroatoms. The average molecular weight is 463 g/mol. The van der Waals surface area contributed by atoms with Crippen LogP contribution in [0.5, 0.6) is 17.2 Å². The van der Waals surface area contributed by atoms with Gasteiger partial charge >= 0.3 is 0 Å². The summed E-state index contributed by atoms with van der Waals surface area (Å²) in [6, 6.07) is 18.8. The summed E-state index contributed by atoms with van der Waals surface area (Å²) in [4.78, 5) is 12.7. The number of hydrogen-bond donors (Lipinski definition) is 0. The van der Waals surface area contributed by atoms with Crippen LogP contribution in [0.4, 0.5) is 0 Å². The summed E-state index contributed by atoms with van der Waals surface area (Å²) in [6.45, 7) is 4.17. The van der Waals surface area contributed by atoms with Crippen molar-refractivity contribution in [2.45, 2.75) is 6.61 Å². The Labute approximate surface area is 183 Å². The quantitative estimate of drug-likeness (QED) is 0.403. The van der Waals surface area contributed by atoms with Crippen molar-refractivity contribution in [3.05, 3.63) is 99.7 Å². The molecule has 0 aromatic heterocycles. The topological polar surface area (TPSA) is 44.8 Å². The number of halogens is 1. The van der Waals surface area contributed by atoms with E-state index < -0.39 is 0 Å². The number of carbonyl (C=O) groups excluding carboxylic acids is 1. The molecule has 0 bridgehead atoms. The first-order chi connectivity index (χ1) is 14.6. The third-order valence-corrected chi connectivity index (χ3v) is 5.23. The minimum Gasteiger partial charge on any atom is -0.496 e.